The van der Waals surface area contributed by atoms with Crippen molar-refractivity contribution in [3.05, 3.63) is 93.0 Å². The number of carboxylic acid groups (broad SMARTS) is 1. The van der Waals surface area contributed by atoms with Crippen LogP contribution in [0.5, 0.6) is 46.0 Å². The lowest BCUT2D eigenvalue weighted by Crippen LogP contribution is -2.23. The summed E-state index contributed by atoms with van der Waals surface area (Å²) in [5.41, 5.74) is -1.37. The Morgan fingerprint density at radius 1 is 0.463 bits per heavy atom. The van der Waals surface area contributed by atoms with Gasteiger partial charge < -0.3 is 60.2 Å². The number of esters is 3. The third-order valence-electron chi connectivity index (χ3n) is 8.12. The third kappa shape index (κ3) is 9.33. The fourth-order valence-electron chi connectivity index (χ4n) is 6.00. The Kier molecular flexibility index (Phi) is 12.0. The number of carboxylic acids is 1. The zero-order chi connectivity index (χ0) is 40.2. The number of phenolic OH excluding ortho intramolecular Hbond substituents is 7. The molecule has 3 atom stereocenters. The number of aromatic carboxylic acids is 1. The van der Waals surface area contributed by atoms with E-state index in [4.69, 9.17) is 14.2 Å². The molecule has 0 saturated carbocycles. The highest BCUT2D eigenvalue weighted by Gasteiger charge is 2.28. The molecule has 9 N–H and O–H groups in total. The van der Waals surface area contributed by atoms with Gasteiger partial charge in [0.2, 0.25) is 0 Å². The van der Waals surface area contributed by atoms with E-state index in [1.807, 2.05) is 0 Å². The summed E-state index contributed by atoms with van der Waals surface area (Å²) in [5, 5.41) is 90.9. The van der Waals surface area contributed by atoms with Gasteiger partial charge in [-0.1, -0.05) is 0 Å². The highest BCUT2D eigenvalue weighted by atomic mass is 16.6. The molecule has 4 rings (SSSR count). The van der Waals surface area contributed by atoms with Crippen LogP contribution in [0.1, 0.15) is 84.5 Å². The number of benzene rings is 4. The van der Waals surface area contributed by atoms with Crippen LogP contribution in [0, 0.1) is 6.92 Å². The highest BCUT2D eigenvalue weighted by Crippen LogP contribution is 2.34. The van der Waals surface area contributed by atoms with E-state index in [9.17, 15) is 65.1 Å². The van der Waals surface area contributed by atoms with Gasteiger partial charge in [0.25, 0.3) is 0 Å². The van der Waals surface area contributed by atoms with Gasteiger partial charge in [-0.05, 0) is 74.2 Å². The average molecular weight is 751 g/mol. The Balaban J connectivity index is 1.51. The summed E-state index contributed by atoms with van der Waals surface area (Å²) in [5.74, 6) is -8.80. The summed E-state index contributed by atoms with van der Waals surface area (Å²) in [4.78, 5) is 51.3. The molecule has 0 bridgehead atoms. The fourth-order valence-corrected chi connectivity index (χ4v) is 6.00. The molecule has 0 amide bonds. The SMILES string of the molecule is Cc1cc(O)cc(O)c1C(=O)O[C@H](C)Cc1cc(O)cc(O)c1C(=O)O[C@@H](C)Cc1cc(O)cc(O)c1C(=O)O[C@H](C)Cc1cc(O)cc(O)c1C(=O)O. The molecule has 16 nitrogen and oxygen atoms in total. The van der Waals surface area contributed by atoms with Crippen molar-refractivity contribution < 1.29 is 79.3 Å². The molecule has 54 heavy (non-hydrogen) atoms. The van der Waals surface area contributed by atoms with Crippen LogP contribution in [-0.2, 0) is 33.5 Å². The topological polar surface area (TPSA) is 278 Å². The number of carbonyl (C=O) groups is 4. The van der Waals surface area contributed by atoms with Crippen molar-refractivity contribution in [2.24, 2.45) is 0 Å². The highest BCUT2D eigenvalue weighted by molar-refractivity contribution is 5.96. The molecule has 286 valence electrons. The van der Waals surface area contributed by atoms with Crippen LogP contribution in [-0.4, -0.2) is 88.1 Å². The summed E-state index contributed by atoms with van der Waals surface area (Å²) in [6.45, 7) is 5.73. The molecule has 4 aromatic carbocycles. The summed E-state index contributed by atoms with van der Waals surface area (Å²) < 4.78 is 16.4. The molecule has 0 saturated heterocycles. The van der Waals surface area contributed by atoms with Crippen LogP contribution in [0.15, 0.2) is 48.5 Å². The first-order valence-corrected chi connectivity index (χ1v) is 16.3. The summed E-state index contributed by atoms with van der Waals surface area (Å²) in [7, 11) is 0. The van der Waals surface area contributed by atoms with E-state index in [0.29, 0.717) is 0 Å². The van der Waals surface area contributed by atoms with Crippen molar-refractivity contribution in [3.8, 4) is 46.0 Å². The summed E-state index contributed by atoms with van der Waals surface area (Å²) in [6, 6.07) is 8.17. The van der Waals surface area contributed by atoms with E-state index < -0.39 is 99.1 Å². The van der Waals surface area contributed by atoms with Gasteiger partial charge in [-0.25, -0.2) is 19.2 Å². The first-order chi connectivity index (χ1) is 25.2. The average Bonchev–Trinajstić information content (AvgIpc) is 2.98. The number of hydrogen-bond donors (Lipinski definition) is 9. The second-order valence-electron chi connectivity index (χ2n) is 12.7. The van der Waals surface area contributed by atoms with Gasteiger partial charge in [0.1, 0.15) is 86.6 Å². The molecule has 0 radical (unpaired) electrons. The lowest BCUT2D eigenvalue weighted by atomic mass is 9.98. The number of carbonyl (C=O) groups excluding carboxylic acids is 3. The van der Waals surface area contributed by atoms with Crippen LogP contribution in [0.4, 0.5) is 0 Å². The molecular weight excluding hydrogens is 712 g/mol. The quantitative estimate of drug-likeness (QED) is 0.0661. The number of aryl methyl sites for hydroxylation is 1. The number of aromatic hydroxyl groups is 8. The van der Waals surface area contributed by atoms with Crippen molar-refractivity contribution in [1.82, 2.24) is 0 Å². The molecule has 0 unspecified atom stereocenters. The normalized spacial score (nSPS) is 12.7. The Morgan fingerprint density at radius 2 is 0.741 bits per heavy atom. The van der Waals surface area contributed by atoms with Crippen molar-refractivity contribution in [2.75, 3.05) is 0 Å². The van der Waals surface area contributed by atoms with Crippen LogP contribution < -0.4 is 0 Å². The van der Waals surface area contributed by atoms with E-state index in [-0.39, 0.29) is 52.8 Å². The summed E-state index contributed by atoms with van der Waals surface area (Å²) >= 11 is 0. The predicted molar refractivity (Wildman–Crippen MR) is 187 cm³/mol. The minimum absolute atomic E-state index is 0.0102. The number of phenols is 8. The van der Waals surface area contributed by atoms with Gasteiger partial charge in [0.05, 0.1) is 0 Å². The van der Waals surface area contributed by atoms with Crippen LogP contribution in [0.3, 0.4) is 0 Å². The van der Waals surface area contributed by atoms with E-state index in [1.165, 1.54) is 33.8 Å². The molecule has 16 heteroatoms. The number of ether oxygens (including phenoxy) is 3. The van der Waals surface area contributed by atoms with Gasteiger partial charge >= 0.3 is 23.9 Å². The second-order valence-corrected chi connectivity index (χ2v) is 12.7. The van der Waals surface area contributed by atoms with Crippen molar-refractivity contribution in [1.29, 1.82) is 0 Å². The zero-order valence-corrected chi connectivity index (χ0v) is 29.4. The fraction of sp³-hybridized carbons (Fsp3) is 0.263. The number of hydrogen-bond acceptors (Lipinski definition) is 15. The Labute approximate surface area is 307 Å². The van der Waals surface area contributed by atoms with Gasteiger partial charge in [0.15, 0.2) is 0 Å². The molecule has 0 aliphatic rings. The zero-order valence-electron chi connectivity index (χ0n) is 29.4. The maximum Gasteiger partial charge on any atom is 0.342 e. The monoisotopic (exact) mass is 750 g/mol. The van der Waals surface area contributed by atoms with Crippen LogP contribution >= 0.6 is 0 Å². The van der Waals surface area contributed by atoms with Crippen molar-refractivity contribution >= 4 is 23.9 Å². The Bertz CT molecular complexity index is 2100. The minimum Gasteiger partial charge on any atom is -0.508 e. The van der Waals surface area contributed by atoms with E-state index in [0.717, 1.165) is 42.5 Å². The van der Waals surface area contributed by atoms with E-state index >= 15 is 0 Å². The Morgan fingerprint density at radius 3 is 1.07 bits per heavy atom. The molecular formula is C38H38O16. The van der Waals surface area contributed by atoms with E-state index in [1.54, 1.807) is 0 Å². The minimum atomic E-state index is -1.49. The Hall–Kier alpha value is -6.84. The smallest absolute Gasteiger partial charge is 0.342 e. The first kappa shape index (κ1) is 39.9. The maximum atomic E-state index is 13.4. The van der Waals surface area contributed by atoms with Crippen molar-refractivity contribution in [2.45, 2.75) is 65.3 Å². The molecule has 4 aromatic rings. The first-order valence-electron chi connectivity index (χ1n) is 16.3. The standard InChI is InChI=1S/C38H38O16/c1-16-5-23(39)12-27(43)31(16)36(49)52-18(3)7-21-10-25(41)14-29(45)33(21)38(51)54-19(4)8-22-11-26(42)15-30(46)34(22)37(50)53-17(2)6-20-9-24(40)13-28(44)32(20)35(47)48/h5,9-15,17-19,39-46H,6-8H2,1-4H3,(H,47,48)/t17-,18-,19+/m1/s1. The molecule has 0 heterocycles. The van der Waals surface area contributed by atoms with Gasteiger partial charge in [-0.3, -0.25) is 0 Å². The molecule has 0 spiro atoms. The largest absolute Gasteiger partial charge is 0.508 e. The third-order valence-corrected chi connectivity index (χ3v) is 8.12. The van der Waals surface area contributed by atoms with Gasteiger partial charge in [-0.2, -0.15) is 0 Å². The molecule has 0 aromatic heterocycles. The predicted octanol–water partition coefficient (Wildman–Crippen LogP) is 4.70. The lowest BCUT2D eigenvalue weighted by Gasteiger charge is -2.20. The maximum absolute atomic E-state index is 13.4. The summed E-state index contributed by atoms with van der Waals surface area (Å²) in [6.07, 6.45) is -3.96. The second kappa shape index (κ2) is 16.2. The van der Waals surface area contributed by atoms with Crippen molar-refractivity contribution in [3.63, 3.8) is 0 Å². The molecule has 0 fully saturated rings. The molecule has 0 aliphatic carbocycles. The number of rotatable bonds is 13. The lowest BCUT2D eigenvalue weighted by molar-refractivity contribution is 0.0326. The van der Waals surface area contributed by atoms with Crippen LogP contribution in [0.25, 0.3) is 0 Å². The van der Waals surface area contributed by atoms with Gasteiger partial charge in [-0.15, -0.1) is 0 Å². The van der Waals surface area contributed by atoms with Gasteiger partial charge in [0, 0.05) is 43.5 Å². The van der Waals surface area contributed by atoms with E-state index in [2.05, 4.69) is 0 Å². The molecule has 0 aliphatic heterocycles. The van der Waals surface area contributed by atoms with Crippen LogP contribution in [0.2, 0.25) is 0 Å².